The fourth-order valence-electron chi connectivity index (χ4n) is 3.14. The molecule has 0 spiro atoms. The predicted molar refractivity (Wildman–Crippen MR) is 95.4 cm³/mol. The van der Waals surface area contributed by atoms with Crippen molar-refractivity contribution in [2.24, 2.45) is 7.05 Å². The summed E-state index contributed by atoms with van der Waals surface area (Å²) in [4.78, 5) is 4.86. The molecule has 1 aromatic rings. The first-order valence-electron chi connectivity index (χ1n) is 8.29. The number of aromatic nitrogens is 2. The minimum atomic E-state index is -2.32. The van der Waals surface area contributed by atoms with E-state index in [0.717, 1.165) is 4.60 Å². The summed E-state index contributed by atoms with van der Waals surface area (Å²) in [7, 11) is 2.20. The predicted octanol–water partition coefficient (Wildman–Crippen LogP) is 5.24. The summed E-state index contributed by atoms with van der Waals surface area (Å²) >= 11 is 1.33. The average molecular weight is 450 g/mol. The van der Waals surface area contributed by atoms with Crippen LogP contribution in [0.4, 0.5) is 0 Å². The molecule has 0 atom stereocenters. The van der Waals surface area contributed by atoms with Gasteiger partial charge in [-0.1, -0.05) is 0 Å². The Morgan fingerprint density at radius 2 is 1.45 bits per heavy atom. The van der Waals surface area contributed by atoms with E-state index in [1.54, 1.807) is 0 Å². The molecule has 116 valence electrons. The van der Waals surface area contributed by atoms with Gasteiger partial charge in [0.1, 0.15) is 0 Å². The monoisotopic (exact) mass is 450 g/mol. The zero-order valence-corrected chi connectivity index (χ0v) is 18.2. The van der Waals surface area contributed by atoms with Crippen LogP contribution in [0.3, 0.4) is 0 Å². The van der Waals surface area contributed by atoms with Gasteiger partial charge in [-0.25, -0.2) is 0 Å². The second kappa shape index (κ2) is 9.49. The quantitative estimate of drug-likeness (QED) is 0.447. The summed E-state index contributed by atoms with van der Waals surface area (Å²) in [5.41, 5.74) is 0. The summed E-state index contributed by atoms with van der Waals surface area (Å²) in [6, 6.07) is 0. The zero-order chi connectivity index (χ0) is 15.0. The van der Waals surface area contributed by atoms with Gasteiger partial charge in [0, 0.05) is 0 Å². The van der Waals surface area contributed by atoms with Gasteiger partial charge >= 0.3 is 138 Å². The van der Waals surface area contributed by atoms with Gasteiger partial charge in [-0.15, -0.1) is 0 Å². The third kappa shape index (κ3) is 4.75. The molecule has 4 heteroatoms. The summed E-state index contributed by atoms with van der Waals surface area (Å²) in [5.74, 6) is 0. The van der Waals surface area contributed by atoms with Crippen molar-refractivity contribution in [3.8, 4) is 0 Å². The third-order valence-corrected chi connectivity index (χ3v) is 20.4. The second-order valence-corrected chi connectivity index (χ2v) is 19.7. The van der Waals surface area contributed by atoms with E-state index >= 15 is 0 Å². The molecule has 0 aromatic carbocycles. The van der Waals surface area contributed by atoms with Gasteiger partial charge in [0.15, 0.2) is 0 Å². The van der Waals surface area contributed by atoms with E-state index in [1.165, 1.54) is 55.7 Å². The van der Waals surface area contributed by atoms with Crippen LogP contribution >= 0.6 is 15.9 Å². The zero-order valence-electron chi connectivity index (χ0n) is 13.7. The van der Waals surface area contributed by atoms with Gasteiger partial charge in [0.05, 0.1) is 0 Å². The van der Waals surface area contributed by atoms with Crippen molar-refractivity contribution in [2.75, 3.05) is 0 Å². The van der Waals surface area contributed by atoms with Crippen LogP contribution in [0, 0.1) is 0 Å². The summed E-state index contributed by atoms with van der Waals surface area (Å²) < 4.78 is 9.46. The Balaban J connectivity index is 3.08. The van der Waals surface area contributed by atoms with Gasteiger partial charge < -0.3 is 0 Å². The minimum absolute atomic E-state index is 1.15. The molecular weight excluding hydrogens is 419 g/mol. The molecule has 0 amide bonds. The molecule has 1 rings (SSSR count). The van der Waals surface area contributed by atoms with Crippen molar-refractivity contribution >= 4 is 38.1 Å². The van der Waals surface area contributed by atoms with Crippen LogP contribution in [0.2, 0.25) is 13.3 Å². The Kier molecular flexibility index (Phi) is 8.80. The molecule has 1 heterocycles. The van der Waals surface area contributed by atoms with Crippen LogP contribution < -0.4 is 3.84 Å². The molecule has 0 aliphatic heterocycles. The molecule has 20 heavy (non-hydrogen) atoms. The van der Waals surface area contributed by atoms with Crippen LogP contribution in [-0.2, 0) is 7.05 Å². The fraction of sp³-hybridized carbons (Fsp3) is 0.812. The van der Waals surface area contributed by atoms with Crippen molar-refractivity contribution in [3.05, 3.63) is 10.8 Å². The van der Waals surface area contributed by atoms with Crippen molar-refractivity contribution < 1.29 is 0 Å². The van der Waals surface area contributed by atoms with E-state index in [9.17, 15) is 0 Å². The maximum atomic E-state index is 4.86. The number of nitrogens with zero attached hydrogens (tertiary/aromatic N) is 2. The Hall–Kier alpha value is 0.489. The molecule has 0 N–H and O–H groups in total. The number of hydrogen-bond donors (Lipinski definition) is 0. The molecule has 0 saturated heterocycles. The second-order valence-electron chi connectivity index (χ2n) is 6.05. The van der Waals surface area contributed by atoms with Gasteiger partial charge in [-0.2, -0.15) is 0 Å². The van der Waals surface area contributed by atoms with E-state index < -0.39 is 18.4 Å². The maximum absolute atomic E-state index is 4.86. The summed E-state index contributed by atoms with van der Waals surface area (Å²) in [5, 5.41) is 0. The SMILES string of the molecule is CCC[CH2][Sn]([CH2]CCC)([CH2]CCC)[c]1ncc(Br)n1C. The van der Waals surface area contributed by atoms with Gasteiger partial charge in [-0.3, -0.25) is 0 Å². The number of unbranched alkanes of at least 4 members (excludes halogenated alkanes) is 3. The van der Waals surface area contributed by atoms with Crippen molar-refractivity contribution in [2.45, 2.75) is 72.6 Å². The van der Waals surface area contributed by atoms with E-state index in [0.29, 0.717) is 0 Å². The van der Waals surface area contributed by atoms with Gasteiger partial charge in [0.2, 0.25) is 0 Å². The Morgan fingerprint density at radius 1 is 1.00 bits per heavy atom. The van der Waals surface area contributed by atoms with Gasteiger partial charge in [0.25, 0.3) is 0 Å². The normalized spacial score (nSPS) is 12.1. The molecule has 0 unspecified atom stereocenters. The fourth-order valence-corrected chi connectivity index (χ4v) is 20.1. The molecule has 0 saturated carbocycles. The first-order chi connectivity index (χ1) is 9.61. The third-order valence-electron chi connectivity index (χ3n) is 4.43. The van der Waals surface area contributed by atoms with E-state index in [-0.39, 0.29) is 0 Å². The number of hydrogen-bond acceptors (Lipinski definition) is 1. The van der Waals surface area contributed by atoms with E-state index in [4.69, 9.17) is 4.98 Å². The number of halogens is 1. The standard InChI is InChI=1S/C4H4BrN2.3C4H9.Sn/c1-7-3-6-2-4(7)5;3*1-3-4-2;/h2H,1H3;3*1,3-4H2,2H3;. The topological polar surface area (TPSA) is 17.8 Å². The van der Waals surface area contributed by atoms with Gasteiger partial charge in [-0.05, 0) is 0 Å². The molecule has 0 aliphatic carbocycles. The van der Waals surface area contributed by atoms with Crippen LogP contribution in [0.1, 0.15) is 59.3 Å². The van der Waals surface area contributed by atoms with Crippen molar-refractivity contribution in [3.63, 3.8) is 0 Å². The molecule has 0 bridgehead atoms. The first kappa shape index (κ1) is 18.5. The van der Waals surface area contributed by atoms with Crippen LogP contribution in [-0.4, -0.2) is 27.9 Å². The molecule has 0 radical (unpaired) electrons. The van der Waals surface area contributed by atoms with E-state index in [2.05, 4.69) is 48.3 Å². The Labute approximate surface area is 137 Å². The van der Waals surface area contributed by atoms with Crippen LogP contribution in [0.15, 0.2) is 10.8 Å². The molecule has 0 aliphatic rings. The number of imidazole rings is 1. The van der Waals surface area contributed by atoms with Crippen molar-refractivity contribution in [1.29, 1.82) is 0 Å². The molecule has 0 fully saturated rings. The van der Waals surface area contributed by atoms with Crippen LogP contribution in [0.5, 0.6) is 0 Å². The summed E-state index contributed by atoms with van der Waals surface area (Å²) in [6.45, 7) is 6.97. The first-order valence-corrected chi connectivity index (χ1v) is 16.6. The molecular formula is C16H31BrN2Sn. The Morgan fingerprint density at radius 3 is 1.75 bits per heavy atom. The molecule has 2 nitrogen and oxygen atoms in total. The van der Waals surface area contributed by atoms with Crippen molar-refractivity contribution in [1.82, 2.24) is 9.55 Å². The molecule has 1 aromatic heterocycles. The number of rotatable bonds is 10. The Bertz CT molecular complexity index is 368. The van der Waals surface area contributed by atoms with E-state index in [1.807, 2.05) is 6.20 Å². The van der Waals surface area contributed by atoms with Crippen LogP contribution in [0.25, 0.3) is 0 Å². The average Bonchev–Trinajstić information content (AvgIpc) is 2.79. The summed E-state index contributed by atoms with van der Waals surface area (Å²) in [6.07, 6.45) is 10.2.